The van der Waals surface area contributed by atoms with Crippen molar-refractivity contribution in [3.8, 4) is 0 Å². The van der Waals surface area contributed by atoms with Crippen molar-refractivity contribution in [2.45, 2.75) is 173 Å². The first kappa shape index (κ1) is 61.4. The molecule has 6 N–H and O–H groups in total. The lowest BCUT2D eigenvalue weighted by Crippen LogP contribution is -2.45. The summed E-state index contributed by atoms with van der Waals surface area (Å²) in [5.41, 5.74) is 0. The molecule has 0 bridgehead atoms. The van der Waals surface area contributed by atoms with Crippen molar-refractivity contribution in [1.29, 1.82) is 0 Å². The highest BCUT2D eigenvalue weighted by molar-refractivity contribution is 6.01. The minimum absolute atomic E-state index is 0.00147. The Kier molecular flexibility index (Phi) is 35.0. The van der Waals surface area contributed by atoms with E-state index in [4.69, 9.17) is 24.1 Å². The van der Waals surface area contributed by atoms with Crippen molar-refractivity contribution in [3.05, 3.63) is 0 Å². The molecule has 1 atom stereocenters. The van der Waals surface area contributed by atoms with Crippen LogP contribution in [0.3, 0.4) is 0 Å². The van der Waals surface area contributed by atoms with Gasteiger partial charge in [-0.2, -0.15) is 0 Å². The Morgan fingerprint density at radius 3 is 1.50 bits per heavy atom. The maximum atomic E-state index is 13.0. The van der Waals surface area contributed by atoms with Crippen molar-refractivity contribution in [3.63, 3.8) is 0 Å². The third-order valence-electron chi connectivity index (χ3n) is 12.2. The van der Waals surface area contributed by atoms with Crippen molar-refractivity contribution in [2.24, 2.45) is 11.8 Å². The molecule has 0 spiro atoms. The van der Waals surface area contributed by atoms with Crippen LogP contribution >= 0.6 is 0 Å². The summed E-state index contributed by atoms with van der Waals surface area (Å²) in [7, 11) is 0. The van der Waals surface area contributed by atoms with E-state index in [1.165, 1.54) is 64.2 Å². The van der Waals surface area contributed by atoms with Crippen molar-refractivity contribution < 1.29 is 77.1 Å². The summed E-state index contributed by atoms with van der Waals surface area (Å²) in [6, 6.07) is -1.20. The molecule has 6 amide bonds. The Hall–Kier alpha value is -4.73. The van der Waals surface area contributed by atoms with Gasteiger partial charge >= 0.3 is 17.9 Å². The van der Waals surface area contributed by atoms with Gasteiger partial charge in [-0.25, -0.2) is 9.59 Å². The van der Waals surface area contributed by atoms with Gasteiger partial charge in [-0.15, -0.1) is 5.06 Å². The predicted octanol–water partition coefficient (Wildman–Crippen LogP) is 4.27. The van der Waals surface area contributed by atoms with Crippen LogP contribution in [0, 0.1) is 11.8 Å². The number of ether oxygens (including phenoxy) is 4. The fraction of sp³-hybridized carbons (Fsp3) is 0.816. The molecule has 0 aromatic rings. The van der Waals surface area contributed by atoms with Crippen molar-refractivity contribution >= 4 is 53.4 Å². The quantitative estimate of drug-likeness (QED) is 0.0367. The fourth-order valence-corrected chi connectivity index (χ4v) is 8.05. The zero-order valence-corrected chi connectivity index (χ0v) is 41.5. The minimum atomic E-state index is -1.21. The Morgan fingerprint density at radius 2 is 0.986 bits per heavy atom. The first-order chi connectivity index (χ1) is 33.8. The molecule has 70 heavy (non-hydrogen) atoms. The second-order valence-corrected chi connectivity index (χ2v) is 18.1. The number of nitrogens with zero attached hydrogens (tertiary/aromatic N) is 1. The highest BCUT2D eigenvalue weighted by Gasteiger charge is 2.33. The Bertz CT molecular complexity index is 1540. The van der Waals surface area contributed by atoms with Gasteiger partial charge in [0.1, 0.15) is 19.3 Å². The number of carbonyl (C=O) groups excluding carboxylic acids is 7. The first-order valence-electron chi connectivity index (χ1n) is 25.8. The molecule has 1 saturated heterocycles. The molecule has 0 radical (unpaired) electrons. The van der Waals surface area contributed by atoms with E-state index >= 15 is 0 Å². The Morgan fingerprint density at radius 1 is 0.529 bits per heavy atom. The number of carboxylic acid groups (broad SMARTS) is 2. The number of nitrogens with one attached hydrogen (secondary N) is 4. The number of amides is 6. The van der Waals surface area contributed by atoms with E-state index in [9.17, 15) is 48.3 Å². The fourth-order valence-electron chi connectivity index (χ4n) is 8.05. The van der Waals surface area contributed by atoms with E-state index in [0.29, 0.717) is 30.9 Å². The van der Waals surface area contributed by atoms with Crippen LogP contribution in [0.4, 0.5) is 0 Å². The standard InChI is InChI=1S/C49H83N5O16/c55-41(17-15-13-11-9-7-5-3-1-2-4-6-8-10-12-14-16-18-46(60)61)52-35-38-19-21-39(22-20-38)48(63)53-40(49(64)65)23-24-42(56)50-27-29-66-31-33-68-36-43(57)51-28-30-67-32-34-69-37-47(62)70-54-44(58)25-26-45(54)59/h38-40H,1-37H2,(H,50,56)(H,51,57)(H,52,55)(H,53,63)(H,60,61)(H,64,65)/t38?,39?,40-/m0/s1. The zero-order chi connectivity index (χ0) is 51.0. The molecule has 2 fully saturated rings. The number of carbonyl (C=O) groups is 9. The number of aliphatic carboxylic acids is 2. The molecule has 0 unspecified atom stereocenters. The zero-order valence-electron chi connectivity index (χ0n) is 41.5. The van der Waals surface area contributed by atoms with Gasteiger partial charge in [-0.3, -0.25) is 33.6 Å². The number of rotatable bonds is 44. The van der Waals surface area contributed by atoms with Gasteiger partial charge in [0.25, 0.3) is 11.8 Å². The molecule has 0 aromatic carbocycles. The second kappa shape index (κ2) is 39.9. The normalized spacial score (nSPS) is 16.1. The predicted molar refractivity (Wildman–Crippen MR) is 254 cm³/mol. The van der Waals surface area contributed by atoms with Crippen molar-refractivity contribution in [1.82, 2.24) is 26.3 Å². The van der Waals surface area contributed by atoms with Crippen molar-refractivity contribution in [2.75, 3.05) is 72.5 Å². The number of unbranched alkanes of at least 4 members (excludes halogenated alkanes) is 15. The van der Waals surface area contributed by atoms with Crippen LogP contribution in [-0.4, -0.2) is 147 Å². The average Bonchev–Trinajstić information content (AvgIpc) is 3.65. The number of imide groups is 1. The van der Waals surface area contributed by atoms with E-state index in [1.807, 2.05) is 0 Å². The number of hydroxylamine groups is 2. The molecule has 2 aliphatic rings. The maximum absolute atomic E-state index is 13.0. The van der Waals surface area contributed by atoms with Gasteiger partial charge in [-0.1, -0.05) is 89.9 Å². The number of hydrogen-bond donors (Lipinski definition) is 6. The monoisotopic (exact) mass is 998 g/mol. The SMILES string of the molecule is O=C(O)CCCCCCCCCCCCCCCCCCC(=O)NCC1CCC(C(=O)N[C@@H](CCC(=O)NCCOCCOCC(=O)NCCOCCOCC(=O)ON2C(=O)CCC2=O)C(=O)O)CC1. The molecular formula is C49H83N5O16. The molecule has 21 nitrogen and oxygen atoms in total. The summed E-state index contributed by atoms with van der Waals surface area (Å²) >= 11 is 0. The summed E-state index contributed by atoms with van der Waals surface area (Å²) in [4.78, 5) is 111. The third kappa shape index (κ3) is 32.2. The molecule has 2 rings (SSSR count). The first-order valence-corrected chi connectivity index (χ1v) is 25.8. The molecule has 1 aliphatic carbocycles. The van der Waals surface area contributed by atoms with Crippen LogP contribution in [-0.2, 0) is 66.9 Å². The number of hydrogen-bond acceptors (Lipinski definition) is 14. The molecule has 0 aromatic heterocycles. The highest BCUT2D eigenvalue weighted by atomic mass is 16.7. The van der Waals surface area contributed by atoms with Gasteiger partial charge in [0.05, 0.1) is 39.6 Å². The largest absolute Gasteiger partial charge is 0.481 e. The third-order valence-corrected chi connectivity index (χ3v) is 12.2. The van der Waals surface area contributed by atoms with E-state index in [0.717, 1.165) is 51.4 Å². The lowest BCUT2D eigenvalue weighted by Gasteiger charge is -2.28. The maximum Gasteiger partial charge on any atom is 0.358 e. The number of carboxylic acids is 2. The molecular weight excluding hydrogens is 915 g/mol. The van der Waals surface area contributed by atoms with Crippen LogP contribution in [0.25, 0.3) is 0 Å². The van der Waals surface area contributed by atoms with Crippen LogP contribution in [0.15, 0.2) is 0 Å². The van der Waals surface area contributed by atoms with Gasteiger partial charge in [0.2, 0.25) is 23.6 Å². The molecule has 400 valence electrons. The summed E-state index contributed by atoms with van der Waals surface area (Å²) in [6.07, 6.45) is 22.0. The average molecular weight is 998 g/mol. The minimum Gasteiger partial charge on any atom is -0.481 e. The van der Waals surface area contributed by atoms with E-state index in [-0.39, 0.29) is 127 Å². The van der Waals surface area contributed by atoms with Gasteiger partial charge < -0.3 is 55.3 Å². The summed E-state index contributed by atoms with van der Waals surface area (Å²) in [5.74, 6) is -5.02. The molecule has 21 heteroatoms. The summed E-state index contributed by atoms with van der Waals surface area (Å²) < 4.78 is 21.0. The molecule has 1 aliphatic heterocycles. The van der Waals surface area contributed by atoms with Crippen LogP contribution in [0.5, 0.6) is 0 Å². The molecule has 1 saturated carbocycles. The van der Waals surface area contributed by atoms with Crippen LogP contribution in [0.2, 0.25) is 0 Å². The Labute approximate surface area is 413 Å². The van der Waals surface area contributed by atoms with Gasteiger partial charge in [0.15, 0.2) is 0 Å². The second-order valence-electron chi connectivity index (χ2n) is 18.1. The topological polar surface area (TPSA) is 292 Å². The highest BCUT2D eigenvalue weighted by Crippen LogP contribution is 2.29. The van der Waals surface area contributed by atoms with E-state index in [1.54, 1.807) is 0 Å². The molecule has 1 heterocycles. The summed E-state index contributed by atoms with van der Waals surface area (Å²) in [5, 5.41) is 29.7. The lowest BCUT2D eigenvalue weighted by atomic mass is 9.81. The lowest BCUT2D eigenvalue weighted by molar-refractivity contribution is -0.200. The van der Waals surface area contributed by atoms with Crippen LogP contribution in [0.1, 0.15) is 167 Å². The van der Waals surface area contributed by atoms with Crippen LogP contribution < -0.4 is 21.3 Å². The van der Waals surface area contributed by atoms with Gasteiger partial charge in [0, 0.05) is 57.7 Å². The smallest absolute Gasteiger partial charge is 0.358 e. The van der Waals surface area contributed by atoms with Gasteiger partial charge in [-0.05, 0) is 50.9 Å². The van der Waals surface area contributed by atoms with E-state index in [2.05, 4.69) is 26.1 Å². The van der Waals surface area contributed by atoms with E-state index < -0.39 is 42.4 Å². The summed E-state index contributed by atoms with van der Waals surface area (Å²) in [6.45, 7) is 1.10. The Balaban J connectivity index is 1.37.